The molecule has 120 valence electrons. The zero-order chi connectivity index (χ0) is 16.5. The van der Waals surface area contributed by atoms with Crippen LogP contribution in [0.5, 0.6) is 0 Å². The van der Waals surface area contributed by atoms with Gasteiger partial charge in [-0.15, -0.1) is 0 Å². The number of nitrogens with zero attached hydrogens (tertiary/aromatic N) is 1. The maximum Gasteiger partial charge on any atom is 0.328 e. The normalized spacial score (nSPS) is 11.6. The molecule has 1 rings (SSSR count). The average molecular weight is 307 g/mol. The number of nitrogens with one attached hydrogen (secondary N) is 2. The van der Waals surface area contributed by atoms with E-state index in [1.807, 2.05) is 13.8 Å². The topological polar surface area (TPSA) is 97.4 Å². The number of hydrogen-bond acceptors (Lipinski definition) is 5. The van der Waals surface area contributed by atoms with Gasteiger partial charge in [0.1, 0.15) is 6.04 Å². The summed E-state index contributed by atoms with van der Waals surface area (Å²) in [5.41, 5.74) is 0.635. The third kappa shape index (κ3) is 5.90. The van der Waals surface area contributed by atoms with E-state index in [0.29, 0.717) is 12.1 Å². The second kappa shape index (κ2) is 8.76. The monoisotopic (exact) mass is 307 g/mol. The van der Waals surface area contributed by atoms with Crippen LogP contribution in [-0.2, 0) is 25.7 Å². The van der Waals surface area contributed by atoms with Gasteiger partial charge in [-0.25, -0.2) is 4.79 Å². The summed E-state index contributed by atoms with van der Waals surface area (Å²) in [4.78, 5) is 39.2. The van der Waals surface area contributed by atoms with Crippen LogP contribution >= 0.6 is 0 Å². The van der Waals surface area contributed by atoms with E-state index in [9.17, 15) is 14.4 Å². The number of carbonyl (C=O) groups excluding carboxylic acids is 3. The Bertz CT molecular complexity index is 517. The second-order valence-electron chi connectivity index (χ2n) is 5.18. The Balaban J connectivity index is 2.53. The zero-order valence-electron chi connectivity index (χ0n) is 13.0. The third-order valence-corrected chi connectivity index (χ3v) is 2.86. The van der Waals surface area contributed by atoms with Crippen molar-refractivity contribution in [3.63, 3.8) is 0 Å². The van der Waals surface area contributed by atoms with Crippen molar-refractivity contribution in [1.29, 1.82) is 0 Å². The van der Waals surface area contributed by atoms with Crippen LogP contribution in [0.1, 0.15) is 26.0 Å². The SMILES string of the molecule is COC(=O)[C@H](CC(C)C)NC(=O)C(=O)NCc1ccccn1. The van der Waals surface area contributed by atoms with Gasteiger partial charge in [0.05, 0.1) is 19.3 Å². The molecule has 1 atom stereocenters. The van der Waals surface area contributed by atoms with Crippen LogP contribution in [0.3, 0.4) is 0 Å². The van der Waals surface area contributed by atoms with E-state index in [1.165, 1.54) is 7.11 Å². The molecule has 2 N–H and O–H groups in total. The molecule has 1 aromatic heterocycles. The second-order valence-corrected chi connectivity index (χ2v) is 5.18. The first-order chi connectivity index (χ1) is 10.4. The lowest BCUT2D eigenvalue weighted by Gasteiger charge is -2.17. The number of carbonyl (C=O) groups is 3. The first-order valence-electron chi connectivity index (χ1n) is 7.00. The minimum Gasteiger partial charge on any atom is -0.467 e. The molecule has 0 fully saturated rings. The van der Waals surface area contributed by atoms with E-state index in [4.69, 9.17) is 0 Å². The Labute approximate surface area is 129 Å². The Hall–Kier alpha value is -2.44. The molecular weight excluding hydrogens is 286 g/mol. The highest BCUT2D eigenvalue weighted by molar-refractivity contribution is 6.35. The van der Waals surface area contributed by atoms with Crippen molar-refractivity contribution in [3.8, 4) is 0 Å². The summed E-state index contributed by atoms with van der Waals surface area (Å²) in [6, 6.07) is 4.43. The Kier molecular flexibility index (Phi) is 7.01. The number of esters is 1. The molecule has 0 aliphatic carbocycles. The number of hydrogen-bond donors (Lipinski definition) is 2. The molecule has 22 heavy (non-hydrogen) atoms. The summed E-state index contributed by atoms with van der Waals surface area (Å²) in [6.45, 7) is 3.95. The van der Waals surface area contributed by atoms with Gasteiger partial charge in [-0.1, -0.05) is 19.9 Å². The van der Waals surface area contributed by atoms with Gasteiger partial charge in [0.15, 0.2) is 0 Å². The molecule has 0 spiro atoms. The highest BCUT2D eigenvalue weighted by Crippen LogP contribution is 2.06. The van der Waals surface area contributed by atoms with Crippen molar-refractivity contribution in [2.75, 3.05) is 7.11 Å². The van der Waals surface area contributed by atoms with Gasteiger partial charge in [-0.05, 0) is 24.5 Å². The summed E-state index contributed by atoms with van der Waals surface area (Å²) in [7, 11) is 1.24. The Morgan fingerprint density at radius 3 is 2.50 bits per heavy atom. The van der Waals surface area contributed by atoms with E-state index in [2.05, 4.69) is 20.4 Å². The van der Waals surface area contributed by atoms with Gasteiger partial charge in [-0.3, -0.25) is 14.6 Å². The molecule has 7 nitrogen and oxygen atoms in total. The van der Waals surface area contributed by atoms with Crippen LogP contribution in [0.15, 0.2) is 24.4 Å². The van der Waals surface area contributed by atoms with E-state index in [0.717, 1.165) is 0 Å². The van der Waals surface area contributed by atoms with Gasteiger partial charge < -0.3 is 15.4 Å². The summed E-state index contributed by atoms with van der Waals surface area (Å²) < 4.78 is 4.63. The van der Waals surface area contributed by atoms with Gasteiger partial charge in [0.25, 0.3) is 0 Å². The maximum absolute atomic E-state index is 11.8. The van der Waals surface area contributed by atoms with Crippen molar-refractivity contribution >= 4 is 17.8 Å². The number of pyridine rings is 1. The lowest BCUT2D eigenvalue weighted by Crippen LogP contribution is -2.48. The van der Waals surface area contributed by atoms with Crippen molar-refractivity contribution in [2.24, 2.45) is 5.92 Å². The number of methoxy groups -OCH3 is 1. The third-order valence-electron chi connectivity index (χ3n) is 2.86. The number of aromatic nitrogens is 1. The maximum atomic E-state index is 11.8. The molecule has 0 radical (unpaired) electrons. The van der Waals surface area contributed by atoms with E-state index in [1.54, 1.807) is 24.4 Å². The largest absolute Gasteiger partial charge is 0.467 e. The first-order valence-corrected chi connectivity index (χ1v) is 7.00. The Morgan fingerprint density at radius 1 is 1.23 bits per heavy atom. The quantitative estimate of drug-likeness (QED) is 0.586. The predicted molar refractivity (Wildman–Crippen MR) is 79.5 cm³/mol. The van der Waals surface area contributed by atoms with E-state index in [-0.39, 0.29) is 12.5 Å². The molecule has 0 aromatic carbocycles. The molecule has 2 amide bonds. The van der Waals surface area contributed by atoms with Crippen molar-refractivity contribution < 1.29 is 19.1 Å². The molecule has 0 unspecified atom stereocenters. The molecule has 0 saturated heterocycles. The van der Waals surface area contributed by atoms with E-state index >= 15 is 0 Å². The van der Waals surface area contributed by atoms with Crippen LogP contribution in [0.4, 0.5) is 0 Å². The van der Waals surface area contributed by atoms with Gasteiger partial charge >= 0.3 is 17.8 Å². The fourth-order valence-corrected chi connectivity index (χ4v) is 1.81. The minimum atomic E-state index is -0.869. The standard InChI is InChI=1S/C15H21N3O4/c1-10(2)8-12(15(21)22-3)18-14(20)13(19)17-9-11-6-4-5-7-16-11/h4-7,10,12H,8-9H2,1-3H3,(H,17,19)(H,18,20)/t12-/m0/s1. The summed E-state index contributed by atoms with van der Waals surface area (Å²) in [5.74, 6) is -2.09. The molecule has 1 heterocycles. The molecule has 0 bridgehead atoms. The van der Waals surface area contributed by atoms with Gasteiger partial charge in [0, 0.05) is 6.20 Å². The molecule has 0 aliphatic rings. The molecule has 1 aromatic rings. The van der Waals surface area contributed by atoms with Crippen LogP contribution < -0.4 is 10.6 Å². The van der Waals surface area contributed by atoms with Crippen LogP contribution in [0.2, 0.25) is 0 Å². The minimum absolute atomic E-state index is 0.139. The number of amides is 2. The number of ether oxygens (including phenoxy) is 1. The number of rotatable bonds is 6. The lowest BCUT2D eigenvalue weighted by atomic mass is 10.0. The van der Waals surface area contributed by atoms with Crippen molar-refractivity contribution in [1.82, 2.24) is 15.6 Å². The smallest absolute Gasteiger partial charge is 0.328 e. The summed E-state index contributed by atoms with van der Waals surface area (Å²) in [6.07, 6.45) is 1.99. The van der Waals surface area contributed by atoms with E-state index < -0.39 is 23.8 Å². The Morgan fingerprint density at radius 2 is 1.95 bits per heavy atom. The first kappa shape index (κ1) is 17.6. The van der Waals surface area contributed by atoms with Crippen LogP contribution in [0.25, 0.3) is 0 Å². The zero-order valence-corrected chi connectivity index (χ0v) is 13.0. The fourth-order valence-electron chi connectivity index (χ4n) is 1.81. The summed E-state index contributed by atoms with van der Waals surface area (Å²) in [5, 5.41) is 4.84. The predicted octanol–water partition coefficient (Wildman–Crippen LogP) is 0.402. The van der Waals surface area contributed by atoms with Crippen LogP contribution in [-0.4, -0.2) is 35.9 Å². The van der Waals surface area contributed by atoms with Gasteiger partial charge in [-0.2, -0.15) is 0 Å². The highest BCUT2D eigenvalue weighted by atomic mass is 16.5. The fraction of sp³-hybridized carbons (Fsp3) is 0.467. The molecular formula is C15H21N3O4. The van der Waals surface area contributed by atoms with Crippen LogP contribution in [0, 0.1) is 5.92 Å². The molecule has 7 heteroatoms. The molecule has 0 aliphatic heterocycles. The van der Waals surface area contributed by atoms with Gasteiger partial charge in [0.2, 0.25) is 0 Å². The van der Waals surface area contributed by atoms with Crippen molar-refractivity contribution in [2.45, 2.75) is 32.9 Å². The van der Waals surface area contributed by atoms with Crippen molar-refractivity contribution in [3.05, 3.63) is 30.1 Å². The average Bonchev–Trinajstić information content (AvgIpc) is 2.51. The molecule has 0 saturated carbocycles. The summed E-state index contributed by atoms with van der Waals surface area (Å²) >= 11 is 0. The lowest BCUT2D eigenvalue weighted by molar-refractivity contribution is -0.147. The highest BCUT2D eigenvalue weighted by Gasteiger charge is 2.25.